The summed E-state index contributed by atoms with van der Waals surface area (Å²) in [4.78, 5) is 25.0. The second-order valence-corrected chi connectivity index (χ2v) is 7.33. The monoisotopic (exact) mass is 399 g/mol. The maximum atomic E-state index is 12.6. The van der Waals surface area contributed by atoms with Crippen molar-refractivity contribution in [2.24, 2.45) is 4.99 Å². The zero-order valence-corrected chi connectivity index (χ0v) is 17.1. The summed E-state index contributed by atoms with van der Waals surface area (Å²) in [6.07, 6.45) is 4.58. The first-order valence-corrected chi connectivity index (χ1v) is 9.82. The minimum atomic E-state index is 0.106. The van der Waals surface area contributed by atoms with Crippen molar-refractivity contribution in [1.82, 2.24) is 20.1 Å². The normalized spacial score (nSPS) is 15.1. The summed E-state index contributed by atoms with van der Waals surface area (Å²) in [6, 6.07) is 9.67. The maximum Gasteiger partial charge on any atom is 0.242 e. The molecule has 1 aliphatic heterocycles. The number of benzene rings is 1. The largest absolute Gasteiger partial charge is 0.356 e. The molecule has 2 heterocycles. The van der Waals surface area contributed by atoms with Crippen LogP contribution in [0, 0.1) is 6.92 Å². The van der Waals surface area contributed by atoms with Crippen molar-refractivity contribution in [3.05, 3.63) is 64.4 Å². The van der Waals surface area contributed by atoms with E-state index in [9.17, 15) is 4.79 Å². The third-order valence-corrected chi connectivity index (χ3v) is 5.18. The molecule has 0 spiro atoms. The SMILES string of the molecule is CN=C(NCCc1ccncc1C)N1CCN(Cc2ccc(Cl)cc2)C(=O)C1. The van der Waals surface area contributed by atoms with Crippen LogP contribution in [-0.2, 0) is 17.8 Å². The summed E-state index contributed by atoms with van der Waals surface area (Å²) in [5.74, 6) is 0.875. The van der Waals surface area contributed by atoms with Crippen LogP contribution in [0.1, 0.15) is 16.7 Å². The molecule has 3 rings (SSSR count). The second kappa shape index (κ2) is 9.55. The highest BCUT2D eigenvalue weighted by atomic mass is 35.5. The highest BCUT2D eigenvalue weighted by molar-refractivity contribution is 6.30. The molecule has 148 valence electrons. The van der Waals surface area contributed by atoms with E-state index >= 15 is 0 Å². The van der Waals surface area contributed by atoms with Crippen LogP contribution in [0.2, 0.25) is 5.02 Å². The van der Waals surface area contributed by atoms with E-state index in [1.165, 1.54) is 11.1 Å². The van der Waals surface area contributed by atoms with E-state index in [4.69, 9.17) is 11.6 Å². The average molecular weight is 400 g/mol. The van der Waals surface area contributed by atoms with Crippen molar-refractivity contribution in [1.29, 1.82) is 0 Å². The fourth-order valence-corrected chi connectivity index (χ4v) is 3.42. The molecule has 1 amide bonds. The molecule has 0 unspecified atom stereocenters. The minimum Gasteiger partial charge on any atom is -0.356 e. The van der Waals surface area contributed by atoms with Gasteiger partial charge in [0.2, 0.25) is 5.91 Å². The molecule has 0 radical (unpaired) electrons. The molecular weight excluding hydrogens is 374 g/mol. The number of aromatic nitrogens is 1. The number of hydrogen-bond donors (Lipinski definition) is 1. The summed E-state index contributed by atoms with van der Waals surface area (Å²) < 4.78 is 0. The molecule has 1 aliphatic rings. The van der Waals surface area contributed by atoms with Crippen LogP contribution < -0.4 is 5.32 Å². The van der Waals surface area contributed by atoms with Gasteiger partial charge in [0.1, 0.15) is 0 Å². The number of pyridine rings is 1. The van der Waals surface area contributed by atoms with E-state index in [0.717, 1.165) is 31.0 Å². The van der Waals surface area contributed by atoms with Gasteiger partial charge in [-0.1, -0.05) is 23.7 Å². The number of halogens is 1. The van der Waals surface area contributed by atoms with Crippen molar-refractivity contribution in [3.8, 4) is 0 Å². The first-order chi connectivity index (χ1) is 13.6. The Bertz CT molecular complexity index is 837. The van der Waals surface area contributed by atoms with Gasteiger partial charge in [0.25, 0.3) is 0 Å². The molecule has 1 N–H and O–H groups in total. The Morgan fingerprint density at radius 2 is 2.04 bits per heavy atom. The van der Waals surface area contributed by atoms with E-state index < -0.39 is 0 Å². The predicted octanol–water partition coefficient (Wildman–Crippen LogP) is 2.51. The number of nitrogens with one attached hydrogen (secondary N) is 1. The van der Waals surface area contributed by atoms with E-state index in [2.05, 4.69) is 22.2 Å². The third kappa shape index (κ3) is 5.23. The summed E-state index contributed by atoms with van der Waals surface area (Å²) in [5.41, 5.74) is 3.54. The Morgan fingerprint density at radius 3 is 2.71 bits per heavy atom. The number of hydrogen-bond acceptors (Lipinski definition) is 3. The van der Waals surface area contributed by atoms with Crippen LogP contribution in [0.15, 0.2) is 47.7 Å². The number of carbonyl (C=O) groups is 1. The molecule has 0 atom stereocenters. The predicted molar refractivity (Wildman–Crippen MR) is 112 cm³/mol. The minimum absolute atomic E-state index is 0.106. The number of amides is 1. The lowest BCUT2D eigenvalue weighted by Crippen LogP contribution is -2.55. The zero-order valence-electron chi connectivity index (χ0n) is 16.4. The quantitative estimate of drug-likeness (QED) is 0.620. The highest BCUT2D eigenvalue weighted by Crippen LogP contribution is 2.13. The van der Waals surface area contributed by atoms with Crippen LogP contribution in [0.5, 0.6) is 0 Å². The van der Waals surface area contributed by atoms with Gasteiger partial charge in [-0.05, 0) is 48.2 Å². The van der Waals surface area contributed by atoms with E-state index in [0.29, 0.717) is 24.7 Å². The maximum absolute atomic E-state index is 12.6. The van der Waals surface area contributed by atoms with Crippen molar-refractivity contribution >= 4 is 23.5 Å². The summed E-state index contributed by atoms with van der Waals surface area (Å²) in [6.45, 7) is 5.20. The summed E-state index contributed by atoms with van der Waals surface area (Å²) in [5, 5.41) is 4.08. The molecule has 1 fully saturated rings. The first-order valence-electron chi connectivity index (χ1n) is 9.44. The molecule has 28 heavy (non-hydrogen) atoms. The van der Waals surface area contributed by atoms with Gasteiger partial charge in [0, 0.05) is 50.6 Å². The number of aliphatic imine (C=N–C) groups is 1. The van der Waals surface area contributed by atoms with Crippen molar-refractivity contribution < 1.29 is 4.79 Å². The molecule has 1 aromatic heterocycles. The average Bonchev–Trinajstić information content (AvgIpc) is 2.70. The number of aryl methyl sites for hydroxylation is 1. The van der Waals surface area contributed by atoms with E-state index in [-0.39, 0.29) is 5.91 Å². The molecule has 1 aromatic carbocycles. The standard InChI is InChI=1S/C21H26ClN5O/c1-16-13-24-9-7-18(16)8-10-25-21(23-2)27-12-11-26(20(28)15-27)14-17-3-5-19(22)6-4-17/h3-7,9,13H,8,10-12,14-15H2,1-2H3,(H,23,25). The van der Waals surface area contributed by atoms with Gasteiger partial charge in [-0.2, -0.15) is 0 Å². The molecule has 2 aromatic rings. The van der Waals surface area contributed by atoms with E-state index in [1.54, 1.807) is 7.05 Å². The van der Waals surface area contributed by atoms with Gasteiger partial charge in [0.05, 0.1) is 6.54 Å². The summed E-state index contributed by atoms with van der Waals surface area (Å²) >= 11 is 5.93. The van der Waals surface area contributed by atoms with Gasteiger partial charge in [-0.3, -0.25) is 14.8 Å². The molecule has 1 saturated heterocycles. The van der Waals surface area contributed by atoms with Gasteiger partial charge < -0.3 is 15.1 Å². The second-order valence-electron chi connectivity index (χ2n) is 6.89. The Balaban J connectivity index is 1.50. The molecule has 0 saturated carbocycles. The van der Waals surface area contributed by atoms with Crippen LogP contribution in [0.3, 0.4) is 0 Å². The zero-order chi connectivity index (χ0) is 19.9. The van der Waals surface area contributed by atoms with Crippen molar-refractivity contribution in [2.45, 2.75) is 19.9 Å². The molecule has 0 bridgehead atoms. The topological polar surface area (TPSA) is 60.8 Å². The fraction of sp³-hybridized carbons (Fsp3) is 0.381. The Labute approximate surface area is 171 Å². The van der Waals surface area contributed by atoms with Gasteiger partial charge in [-0.15, -0.1) is 0 Å². The number of guanidine groups is 1. The number of nitrogens with zero attached hydrogens (tertiary/aromatic N) is 4. The van der Waals surface area contributed by atoms with Crippen LogP contribution in [-0.4, -0.2) is 59.9 Å². The Kier molecular flexibility index (Phi) is 6.87. The van der Waals surface area contributed by atoms with E-state index in [1.807, 2.05) is 52.5 Å². The smallest absolute Gasteiger partial charge is 0.242 e. The lowest BCUT2D eigenvalue weighted by Gasteiger charge is -2.36. The lowest BCUT2D eigenvalue weighted by atomic mass is 10.1. The van der Waals surface area contributed by atoms with Crippen LogP contribution in [0.25, 0.3) is 0 Å². The fourth-order valence-electron chi connectivity index (χ4n) is 3.29. The van der Waals surface area contributed by atoms with Gasteiger partial charge in [-0.25, -0.2) is 0 Å². The Hall–Kier alpha value is -2.60. The lowest BCUT2D eigenvalue weighted by molar-refractivity contribution is -0.135. The Morgan fingerprint density at radius 1 is 1.25 bits per heavy atom. The van der Waals surface area contributed by atoms with Crippen molar-refractivity contribution in [2.75, 3.05) is 33.2 Å². The summed E-state index contributed by atoms with van der Waals surface area (Å²) in [7, 11) is 1.75. The highest BCUT2D eigenvalue weighted by Gasteiger charge is 2.25. The third-order valence-electron chi connectivity index (χ3n) is 4.93. The molecule has 6 nitrogen and oxygen atoms in total. The van der Waals surface area contributed by atoms with Gasteiger partial charge in [0.15, 0.2) is 5.96 Å². The molecule has 0 aliphatic carbocycles. The van der Waals surface area contributed by atoms with Crippen LogP contribution in [0.4, 0.5) is 0 Å². The van der Waals surface area contributed by atoms with Crippen molar-refractivity contribution in [3.63, 3.8) is 0 Å². The molecule has 7 heteroatoms. The number of carbonyl (C=O) groups excluding carboxylic acids is 1. The van der Waals surface area contributed by atoms with Gasteiger partial charge >= 0.3 is 0 Å². The van der Waals surface area contributed by atoms with Crippen LogP contribution >= 0.6 is 11.6 Å². The number of piperazine rings is 1. The molecular formula is C21H26ClN5O. The first kappa shape index (κ1) is 20.1. The number of rotatable bonds is 5.